The second-order valence-corrected chi connectivity index (χ2v) is 3.91. The topological polar surface area (TPSA) is 43.1 Å². The number of allylic oxidation sites excluding steroid dienone is 1. The van der Waals surface area contributed by atoms with Crippen molar-refractivity contribution in [2.24, 2.45) is 11.8 Å². The molecule has 0 amide bonds. The molecule has 2 aliphatic rings. The molecule has 12 heavy (non-hydrogen) atoms. The van der Waals surface area contributed by atoms with Crippen molar-refractivity contribution in [3.8, 4) is 0 Å². The lowest BCUT2D eigenvalue weighted by molar-refractivity contribution is -0.576. The first-order chi connectivity index (χ1) is 5.69. The molecule has 1 fully saturated rings. The van der Waals surface area contributed by atoms with Crippen LogP contribution in [0.25, 0.3) is 0 Å². The Morgan fingerprint density at radius 2 is 2.42 bits per heavy atom. The van der Waals surface area contributed by atoms with Crippen LogP contribution in [-0.2, 0) is 0 Å². The Labute approximate surface area is 71.6 Å². The summed E-state index contributed by atoms with van der Waals surface area (Å²) in [6, 6.07) is 0. The molecule has 0 heterocycles. The van der Waals surface area contributed by atoms with Crippen LogP contribution in [0.2, 0.25) is 0 Å². The highest BCUT2D eigenvalue weighted by molar-refractivity contribution is 5.16. The third-order valence-corrected chi connectivity index (χ3v) is 3.45. The second-order valence-electron chi connectivity index (χ2n) is 3.91. The Hall–Kier alpha value is -0.860. The minimum absolute atomic E-state index is 0.0544. The lowest BCUT2D eigenvalue weighted by Gasteiger charge is -2.25. The van der Waals surface area contributed by atoms with Gasteiger partial charge in [0.25, 0.3) is 0 Å². The predicted molar refractivity (Wildman–Crippen MR) is 45.4 cm³/mol. The highest BCUT2D eigenvalue weighted by Crippen LogP contribution is 2.49. The highest BCUT2D eigenvalue weighted by Gasteiger charge is 2.56. The minimum Gasteiger partial charge on any atom is -0.264 e. The van der Waals surface area contributed by atoms with Crippen LogP contribution in [-0.4, -0.2) is 10.5 Å². The summed E-state index contributed by atoms with van der Waals surface area (Å²) in [5.41, 5.74) is -0.612. The third-order valence-electron chi connectivity index (χ3n) is 3.45. The Balaban J connectivity index is 2.31. The van der Waals surface area contributed by atoms with Crippen LogP contribution in [0.4, 0.5) is 0 Å². The van der Waals surface area contributed by atoms with Crippen molar-refractivity contribution in [1.82, 2.24) is 0 Å². The van der Waals surface area contributed by atoms with Gasteiger partial charge in [0.2, 0.25) is 5.54 Å². The van der Waals surface area contributed by atoms with Crippen LogP contribution in [0.1, 0.15) is 26.2 Å². The molecule has 0 radical (unpaired) electrons. The minimum atomic E-state index is -0.612. The van der Waals surface area contributed by atoms with Gasteiger partial charge in [0.05, 0.1) is 0 Å². The number of fused-ring (bicyclic) bond motifs is 2. The predicted octanol–water partition coefficient (Wildman–Crippen LogP) is 2.01. The molecular formula is C9H13NO2. The van der Waals surface area contributed by atoms with Crippen LogP contribution in [0.5, 0.6) is 0 Å². The lowest BCUT2D eigenvalue weighted by atomic mass is 9.83. The molecule has 2 bridgehead atoms. The van der Waals surface area contributed by atoms with E-state index in [1.54, 1.807) is 0 Å². The van der Waals surface area contributed by atoms with Gasteiger partial charge in [-0.3, -0.25) is 10.1 Å². The van der Waals surface area contributed by atoms with Gasteiger partial charge in [-0.1, -0.05) is 19.1 Å². The van der Waals surface area contributed by atoms with Gasteiger partial charge >= 0.3 is 0 Å². The lowest BCUT2D eigenvalue weighted by Crippen LogP contribution is -2.41. The Morgan fingerprint density at radius 3 is 2.67 bits per heavy atom. The number of nitrogens with zero attached hydrogens (tertiary/aromatic N) is 1. The molecule has 2 rings (SSSR count). The Morgan fingerprint density at radius 1 is 1.67 bits per heavy atom. The molecular weight excluding hydrogens is 154 g/mol. The molecule has 1 saturated carbocycles. The number of rotatable bonds is 2. The van der Waals surface area contributed by atoms with Gasteiger partial charge in [-0.15, -0.1) is 0 Å². The number of hydrogen-bond donors (Lipinski definition) is 0. The molecule has 0 aromatic carbocycles. The molecule has 2 aliphatic carbocycles. The van der Waals surface area contributed by atoms with E-state index >= 15 is 0 Å². The first-order valence-electron chi connectivity index (χ1n) is 4.52. The van der Waals surface area contributed by atoms with E-state index in [4.69, 9.17) is 0 Å². The maximum atomic E-state index is 10.9. The molecule has 0 spiro atoms. The largest absolute Gasteiger partial charge is 0.264 e. The molecule has 0 saturated heterocycles. The van der Waals surface area contributed by atoms with Gasteiger partial charge < -0.3 is 0 Å². The van der Waals surface area contributed by atoms with Crippen molar-refractivity contribution in [2.45, 2.75) is 31.7 Å². The van der Waals surface area contributed by atoms with Crippen LogP contribution >= 0.6 is 0 Å². The molecule has 3 unspecified atom stereocenters. The second kappa shape index (κ2) is 2.31. The maximum Gasteiger partial charge on any atom is 0.228 e. The van der Waals surface area contributed by atoms with Crippen LogP contribution in [0.15, 0.2) is 12.2 Å². The summed E-state index contributed by atoms with van der Waals surface area (Å²) in [5, 5.41) is 10.9. The fourth-order valence-electron chi connectivity index (χ4n) is 2.68. The summed E-state index contributed by atoms with van der Waals surface area (Å²) in [4.78, 5) is 10.9. The van der Waals surface area contributed by atoms with Crippen molar-refractivity contribution < 1.29 is 4.92 Å². The smallest absolute Gasteiger partial charge is 0.228 e. The van der Waals surface area contributed by atoms with E-state index in [2.05, 4.69) is 6.08 Å². The average Bonchev–Trinajstić information content (AvgIpc) is 2.62. The van der Waals surface area contributed by atoms with Gasteiger partial charge in [-0.2, -0.15) is 0 Å². The normalized spacial score (nSPS) is 43.8. The van der Waals surface area contributed by atoms with Gasteiger partial charge in [0.15, 0.2) is 0 Å². The van der Waals surface area contributed by atoms with E-state index in [1.807, 2.05) is 13.0 Å². The highest BCUT2D eigenvalue weighted by atomic mass is 16.6. The molecule has 0 aliphatic heterocycles. The molecule has 0 aromatic heterocycles. The van der Waals surface area contributed by atoms with Crippen LogP contribution in [0.3, 0.4) is 0 Å². The molecule has 0 aromatic rings. The van der Waals surface area contributed by atoms with Crippen molar-refractivity contribution in [1.29, 1.82) is 0 Å². The molecule has 66 valence electrons. The molecule has 3 heteroatoms. The van der Waals surface area contributed by atoms with Crippen molar-refractivity contribution in [3.63, 3.8) is 0 Å². The van der Waals surface area contributed by atoms with Crippen molar-refractivity contribution in [3.05, 3.63) is 22.3 Å². The van der Waals surface area contributed by atoms with E-state index in [0.717, 1.165) is 12.8 Å². The van der Waals surface area contributed by atoms with Gasteiger partial charge in [-0.25, -0.2) is 0 Å². The average molecular weight is 167 g/mol. The van der Waals surface area contributed by atoms with Crippen molar-refractivity contribution in [2.75, 3.05) is 0 Å². The van der Waals surface area contributed by atoms with Gasteiger partial charge in [0, 0.05) is 23.7 Å². The summed E-state index contributed by atoms with van der Waals surface area (Å²) < 4.78 is 0. The van der Waals surface area contributed by atoms with Gasteiger partial charge in [-0.05, 0) is 12.3 Å². The van der Waals surface area contributed by atoms with Crippen molar-refractivity contribution >= 4 is 0 Å². The maximum absolute atomic E-state index is 10.9. The summed E-state index contributed by atoms with van der Waals surface area (Å²) in [5.74, 6) is 0.697. The van der Waals surface area contributed by atoms with E-state index < -0.39 is 5.54 Å². The van der Waals surface area contributed by atoms with E-state index in [9.17, 15) is 10.1 Å². The number of hydrogen-bond acceptors (Lipinski definition) is 2. The Bertz CT molecular complexity index is 249. The fourth-order valence-corrected chi connectivity index (χ4v) is 2.68. The summed E-state index contributed by atoms with van der Waals surface area (Å²) >= 11 is 0. The first kappa shape index (κ1) is 7.77. The zero-order valence-electron chi connectivity index (χ0n) is 7.19. The van der Waals surface area contributed by atoms with Crippen LogP contribution in [0, 0.1) is 22.0 Å². The zero-order chi connectivity index (χ0) is 8.77. The summed E-state index contributed by atoms with van der Waals surface area (Å²) in [6.45, 7) is 1.93. The van der Waals surface area contributed by atoms with E-state index in [-0.39, 0.29) is 10.8 Å². The molecule has 3 atom stereocenters. The standard InChI is InChI=1S/C9H13NO2/c1-2-9(10(11)12)6-7-3-4-8(9)5-7/h3-4,7-8H,2,5-6H2,1H3. The monoisotopic (exact) mass is 167 g/mol. The summed E-state index contributed by atoms with van der Waals surface area (Å²) in [7, 11) is 0. The number of nitro groups is 1. The molecule has 3 nitrogen and oxygen atoms in total. The first-order valence-corrected chi connectivity index (χ1v) is 4.52. The Kier molecular flexibility index (Phi) is 1.50. The summed E-state index contributed by atoms with van der Waals surface area (Å²) in [6.07, 6.45) is 6.63. The zero-order valence-corrected chi connectivity index (χ0v) is 7.19. The molecule has 0 N–H and O–H groups in total. The van der Waals surface area contributed by atoms with Crippen LogP contribution < -0.4 is 0 Å². The SMILES string of the molecule is CCC1([N+](=O)[O-])CC2C=CC1C2. The van der Waals surface area contributed by atoms with Gasteiger partial charge in [0.1, 0.15) is 0 Å². The fraction of sp³-hybridized carbons (Fsp3) is 0.778. The third kappa shape index (κ3) is 0.765. The van der Waals surface area contributed by atoms with E-state index in [1.165, 1.54) is 0 Å². The van der Waals surface area contributed by atoms with E-state index in [0.29, 0.717) is 12.3 Å². The quantitative estimate of drug-likeness (QED) is 0.358.